The van der Waals surface area contributed by atoms with Crippen LogP contribution < -0.4 is 5.32 Å². The van der Waals surface area contributed by atoms with Gasteiger partial charge in [-0.15, -0.1) is 0 Å². The molecule has 0 saturated carbocycles. The number of aromatic nitrogens is 2. The zero-order valence-corrected chi connectivity index (χ0v) is 14.5. The van der Waals surface area contributed by atoms with Crippen LogP contribution in [-0.4, -0.2) is 39.6 Å². The Morgan fingerprint density at radius 2 is 2.21 bits per heavy atom. The van der Waals surface area contributed by atoms with Gasteiger partial charge in [0.2, 0.25) is 0 Å². The number of esters is 1. The number of H-pyrrole nitrogens is 1. The van der Waals surface area contributed by atoms with Crippen LogP contribution in [0.15, 0.2) is 36.5 Å². The van der Waals surface area contributed by atoms with Crippen molar-refractivity contribution in [3.05, 3.63) is 53.6 Å². The molecule has 3 rings (SSSR count). The van der Waals surface area contributed by atoms with Crippen LogP contribution >= 0.6 is 12.2 Å². The number of pyridine rings is 1. The van der Waals surface area contributed by atoms with Gasteiger partial charge in [-0.25, -0.2) is 0 Å². The predicted octanol–water partition coefficient (Wildman–Crippen LogP) is 2.25. The number of hydrogen-bond acceptors (Lipinski definition) is 4. The van der Waals surface area contributed by atoms with Crippen molar-refractivity contribution in [3.63, 3.8) is 0 Å². The summed E-state index contributed by atoms with van der Waals surface area (Å²) in [5.41, 5.74) is 3.04. The van der Waals surface area contributed by atoms with E-state index in [9.17, 15) is 4.79 Å². The highest BCUT2D eigenvalue weighted by molar-refractivity contribution is 7.80. The van der Waals surface area contributed by atoms with Crippen LogP contribution in [0.4, 0.5) is 0 Å². The van der Waals surface area contributed by atoms with Gasteiger partial charge in [0.15, 0.2) is 5.11 Å². The number of methoxy groups -OCH3 is 1. The maximum absolute atomic E-state index is 11.5. The zero-order chi connectivity index (χ0) is 17.1. The topological polar surface area (TPSA) is 70.2 Å². The lowest BCUT2D eigenvalue weighted by Gasteiger charge is -2.26. The Bertz CT molecular complexity index is 731. The van der Waals surface area contributed by atoms with Crippen molar-refractivity contribution in [2.75, 3.05) is 13.7 Å². The van der Waals surface area contributed by atoms with Crippen LogP contribution in [0.5, 0.6) is 0 Å². The van der Waals surface area contributed by atoms with Gasteiger partial charge in [0.25, 0.3) is 0 Å². The molecule has 1 aliphatic rings. The number of aromatic amines is 1. The van der Waals surface area contributed by atoms with E-state index in [1.807, 2.05) is 36.1 Å². The normalized spacial score (nSPS) is 20.1. The Morgan fingerprint density at radius 3 is 2.83 bits per heavy atom. The summed E-state index contributed by atoms with van der Waals surface area (Å²) in [7, 11) is 1.39. The minimum Gasteiger partial charge on any atom is -0.469 e. The molecular weight excluding hydrogens is 324 g/mol. The van der Waals surface area contributed by atoms with E-state index in [1.54, 1.807) is 6.20 Å². The molecule has 0 aromatic carbocycles. The molecule has 126 valence electrons. The van der Waals surface area contributed by atoms with Crippen LogP contribution in [0.1, 0.15) is 35.6 Å². The Labute approximate surface area is 146 Å². The van der Waals surface area contributed by atoms with Gasteiger partial charge >= 0.3 is 5.97 Å². The van der Waals surface area contributed by atoms with Gasteiger partial charge in [0, 0.05) is 24.1 Å². The average molecular weight is 344 g/mol. The number of hydrogen-bond donors (Lipinski definition) is 2. The van der Waals surface area contributed by atoms with Crippen LogP contribution in [-0.2, 0) is 9.53 Å². The molecule has 2 aromatic rings. The summed E-state index contributed by atoms with van der Waals surface area (Å²) in [6.07, 6.45) is 2.05. The SMILES string of the molecule is COC(=O)CCN1C(=S)N[C@@H](c2ccccn2)[C@@H]1c1ccc(C)[nH]1. The largest absolute Gasteiger partial charge is 0.469 e. The highest BCUT2D eigenvalue weighted by Crippen LogP contribution is 2.37. The molecule has 0 radical (unpaired) electrons. The second kappa shape index (κ2) is 7.00. The third kappa shape index (κ3) is 3.26. The lowest BCUT2D eigenvalue weighted by Crippen LogP contribution is -2.32. The maximum atomic E-state index is 11.5. The molecule has 7 heteroatoms. The highest BCUT2D eigenvalue weighted by atomic mass is 32.1. The van der Waals surface area contributed by atoms with Crippen LogP contribution in [0.25, 0.3) is 0 Å². The van der Waals surface area contributed by atoms with Crippen LogP contribution in [0.2, 0.25) is 0 Å². The Hall–Kier alpha value is -2.41. The first-order valence-corrected chi connectivity index (χ1v) is 8.21. The number of rotatable bonds is 5. The second-order valence-electron chi connectivity index (χ2n) is 5.74. The summed E-state index contributed by atoms with van der Waals surface area (Å²) in [5.74, 6) is -0.250. The van der Waals surface area contributed by atoms with Gasteiger partial charge in [-0.3, -0.25) is 9.78 Å². The number of aryl methyl sites for hydroxylation is 1. The lowest BCUT2D eigenvalue weighted by molar-refractivity contribution is -0.140. The van der Waals surface area contributed by atoms with E-state index in [4.69, 9.17) is 17.0 Å². The Morgan fingerprint density at radius 1 is 1.38 bits per heavy atom. The molecule has 1 aliphatic heterocycles. The van der Waals surface area contributed by atoms with Gasteiger partial charge in [-0.2, -0.15) is 0 Å². The lowest BCUT2D eigenvalue weighted by atomic mass is 10.0. The van der Waals surface area contributed by atoms with Crippen molar-refractivity contribution < 1.29 is 9.53 Å². The third-order valence-corrected chi connectivity index (χ3v) is 4.51. The Balaban J connectivity index is 1.92. The van der Waals surface area contributed by atoms with E-state index in [2.05, 4.69) is 21.4 Å². The number of thiocarbonyl (C=S) groups is 1. The van der Waals surface area contributed by atoms with E-state index in [0.29, 0.717) is 11.7 Å². The number of nitrogens with one attached hydrogen (secondary N) is 2. The number of carbonyl (C=O) groups excluding carboxylic acids is 1. The molecule has 1 fully saturated rings. The highest BCUT2D eigenvalue weighted by Gasteiger charge is 2.40. The van der Waals surface area contributed by atoms with Crippen LogP contribution in [0, 0.1) is 6.92 Å². The fourth-order valence-electron chi connectivity index (χ4n) is 3.00. The monoisotopic (exact) mass is 344 g/mol. The fraction of sp³-hybridized carbons (Fsp3) is 0.353. The van der Waals surface area contributed by atoms with Crippen molar-refractivity contribution in [2.45, 2.75) is 25.4 Å². The average Bonchev–Trinajstić information content (AvgIpc) is 3.16. The third-order valence-electron chi connectivity index (χ3n) is 4.16. The number of carbonyl (C=O) groups is 1. The van der Waals surface area contributed by atoms with Gasteiger partial charge in [-0.1, -0.05) is 6.07 Å². The zero-order valence-electron chi connectivity index (χ0n) is 13.7. The second-order valence-corrected chi connectivity index (χ2v) is 6.13. The number of nitrogens with zero attached hydrogens (tertiary/aromatic N) is 2. The summed E-state index contributed by atoms with van der Waals surface area (Å²) in [6, 6.07) is 9.79. The first-order valence-electron chi connectivity index (χ1n) is 7.80. The quantitative estimate of drug-likeness (QED) is 0.640. The molecule has 2 N–H and O–H groups in total. The predicted molar refractivity (Wildman–Crippen MR) is 94.3 cm³/mol. The van der Waals surface area contributed by atoms with E-state index in [-0.39, 0.29) is 24.5 Å². The van der Waals surface area contributed by atoms with Crippen molar-refractivity contribution >= 4 is 23.3 Å². The Kier molecular flexibility index (Phi) is 4.80. The molecule has 24 heavy (non-hydrogen) atoms. The van der Waals surface area contributed by atoms with Gasteiger partial charge < -0.3 is 19.9 Å². The summed E-state index contributed by atoms with van der Waals surface area (Å²) in [5, 5.41) is 3.96. The molecule has 6 nitrogen and oxygen atoms in total. The van der Waals surface area contributed by atoms with Crippen molar-refractivity contribution in [1.29, 1.82) is 0 Å². The summed E-state index contributed by atoms with van der Waals surface area (Å²) < 4.78 is 4.75. The molecule has 0 aliphatic carbocycles. The fourth-order valence-corrected chi connectivity index (χ4v) is 3.33. The molecule has 2 atom stereocenters. The molecule has 3 heterocycles. The molecule has 0 bridgehead atoms. The molecular formula is C17H20N4O2S. The maximum Gasteiger partial charge on any atom is 0.307 e. The smallest absolute Gasteiger partial charge is 0.307 e. The first-order chi connectivity index (χ1) is 11.6. The number of ether oxygens (including phenoxy) is 1. The first kappa shape index (κ1) is 16.4. The van der Waals surface area contributed by atoms with Gasteiger partial charge in [-0.05, 0) is 43.4 Å². The van der Waals surface area contributed by atoms with Gasteiger partial charge in [0.1, 0.15) is 0 Å². The minimum atomic E-state index is -0.250. The summed E-state index contributed by atoms with van der Waals surface area (Å²) in [4.78, 5) is 21.4. The standard InChI is InChI=1S/C17H20N4O2S/c1-11-6-7-13(19-11)16-15(12-5-3-4-9-18-12)20-17(24)21(16)10-8-14(22)23-2/h3-7,9,15-16,19H,8,10H2,1-2H3,(H,20,24)/t15-,16-/m0/s1. The molecule has 0 amide bonds. The molecule has 0 spiro atoms. The van der Waals surface area contributed by atoms with E-state index in [1.165, 1.54) is 7.11 Å². The summed E-state index contributed by atoms with van der Waals surface area (Å²) >= 11 is 5.51. The van der Waals surface area contributed by atoms with E-state index < -0.39 is 0 Å². The molecule has 2 aromatic heterocycles. The van der Waals surface area contributed by atoms with Crippen molar-refractivity contribution in [2.24, 2.45) is 0 Å². The molecule has 1 saturated heterocycles. The molecule has 0 unspecified atom stereocenters. The summed E-state index contributed by atoms with van der Waals surface area (Å²) in [6.45, 7) is 2.50. The van der Waals surface area contributed by atoms with E-state index >= 15 is 0 Å². The van der Waals surface area contributed by atoms with E-state index in [0.717, 1.165) is 17.1 Å². The van der Waals surface area contributed by atoms with Crippen LogP contribution in [0.3, 0.4) is 0 Å². The van der Waals surface area contributed by atoms with Crippen molar-refractivity contribution in [3.8, 4) is 0 Å². The minimum absolute atomic E-state index is 0.0502. The van der Waals surface area contributed by atoms with Gasteiger partial charge in [0.05, 0.1) is 31.3 Å². The van der Waals surface area contributed by atoms with Crippen molar-refractivity contribution in [1.82, 2.24) is 20.2 Å².